The molecule has 0 radical (unpaired) electrons. The molecule has 0 bridgehead atoms. The summed E-state index contributed by atoms with van der Waals surface area (Å²) in [6, 6.07) is 5.44. The van der Waals surface area contributed by atoms with Gasteiger partial charge in [0, 0.05) is 32.3 Å². The highest BCUT2D eigenvalue weighted by atomic mass is 16.2. The van der Waals surface area contributed by atoms with Gasteiger partial charge in [-0.15, -0.1) is 5.10 Å². The number of nitrogens with zero attached hydrogens (tertiary/aromatic N) is 4. The quantitative estimate of drug-likeness (QED) is 0.889. The molecule has 2 aromatic heterocycles. The number of hydrogen-bond donors (Lipinski definition) is 1. The fourth-order valence-corrected chi connectivity index (χ4v) is 3.93. The lowest BCUT2D eigenvalue weighted by Crippen LogP contribution is -2.44. The second-order valence-corrected chi connectivity index (χ2v) is 6.99. The summed E-state index contributed by atoms with van der Waals surface area (Å²) in [6.07, 6.45) is 5.42. The number of aromatic nitrogens is 3. The van der Waals surface area contributed by atoms with Gasteiger partial charge in [-0.2, -0.15) is 0 Å². The monoisotopic (exact) mass is 329 g/mol. The molecule has 7 heteroatoms. The smallest absolute Gasteiger partial charge is 0.343 e. The zero-order chi connectivity index (χ0) is 16.6. The highest BCUT2D eigenvalue weighted by Gasteiger charge is 2.37. The fourth-order valence-electron chi connectivity index (χ4n) is 3.93. The maximum Gasteiger partial charge on any atom is 0.350 e. The van der Waals surface area contributed by atoms with Crippen LogP contribution in [0.25, 0.3) is 5.65 Å². The number of pyridine rings is 1. The molecule has 0 atom stereocenters. The number of nitrogens with one attached hydrogen (secondary N) is 1. The minimum atomic E-state index is -0.187. The Kier molecular flexibility index (Phi) is 3.88. The molecule has 1 spiro atoms. The summed E-state index contributed by atoms with van der Waals surface area (Å²) in [5, 5.41) is 7.72. The molecule has 2 fully saturated rings. The summed E-state index contributed by atoms with van der Waals surface area (Å²) >= 11 is 0. The summed E-state index contributed by atoms with van der Waals surface area (Å²) in [5.74, 6) is 0.125. The fraction of sp³-hybridized carbons (Fsp3) is 0.588. The van der Waals surface area contributed by atoms with E-state index in [1.807, 2.05) is 11.0 Å². The minimum Gasteiger partial charge on any atom is -0.343 e. The van der Waals surface area contributed by atoms with Crippen molar-refractivity contribution >= 4 is 11.6 Å². The molecule has 0 aromatic carbocycles. The summed E-state index contributed by atoms with van der Waals surface area (Å²) in [6.45, 7) is 4.19. The summed E-state index contributed by atoms with van der Waals surface area (Å²) in [5.41, 5.74) is 0.839. The number of fused-ring (bicyclic) bond motifs is 1. The lowest BCUT2D eigenvalue weighted by Gasteiger charge is -2.38. The normalized spacial score (nSPS) is 20.1. The first kappa shape index (κ1) is 15.4. The van der Waals surface area contributed by atoms with Crippen molar-refractivity contribution in [3.63, 3.8) is 0 Å². The minimum absolute atomic E-state index is 0.125. The van der Waals surface area contributed by atoms with Gasteiger partial charge >= 0.3 is 5.69 Å². The van der Waals surface area contributed by atoms with Gasteiger partial charge in [0.05, 0.1) is 6.54 Å². The van der Waals surface area contributed by atoms with Crippen LogP contribution in [0.5, 0.6) is 0 Å². The van der Waals surface area contributed by atoms with Crippen LogP contribution in [0.3, 0.4) is 0 Å². The van der Waals surface area contributed by atoms with Crippen molar-refractivity contribution in [1.29, 1.82) is 0 Å². The number of carbonyl (C=O) groups is 1. The van der Waals surface area contributed by atoms with Gasteiger partial charge in [-0.25, -0.2) is 9.48 Å². The van der Waals surface area contributed by atoms with E-state index in [9.17, 15) is 9.59 Å². The maximum atomic E-state index is 12.5. The van der Waals surface area contributed by atoms with Crippen molar-refractivity contribution in [1.82, 2.24) is 24.4 Å². The lowest BCUT2D eigenvalue weighted by atomic mass is 9.78. The highest BCUT2D eigenvalue weighted by Crippen LogP contribution is 2.36. The van der Waals surface area contributed by atoms with Crippen LogP contribution in [0, 0.1) is 5.41 Å². The molecule has 0 unspecified atom stereocenters. The second-order valence-electron chi connectivity index (χ2n) is 6.99. The predicted molar refractivity (Wildman–Crippen MR) is 89.8 cm³/mol. The molecule has 2 aromatic rings. The number of likely N-dealkylation sites (tertiary alicyclic amines) is 1. The molecule has 1 N–H and O–H groups in total. The summed E-state index contributed by atoms with van der Waals surface area (Å²) in [4.78, 5) is 26.6. The molecule has 4 heterocycles. The number of rotatable bonds is 3. The van der Waals surface area contributed by atoms with E-state index in [1.54, 1.807) is 18.3 Å². The van der Waals surface area contributed by atoms with Gasteiger partial charge in [0.2, 0.25) is 5.91 Å². The van der Waals surface area contributed by atoms with E-state index >= 15 is 0 Å². The van der Waals surface area contributed by atoms with Crippen LogP contribution < -0.4 is 11.0 Å². The molecule has 2 saturated heterocycles. The van der Waals surface area contributed by atoms with Crippen LogP contribution in [0.1, 0.15) is 25.7 Å². The van der Waals surface area contributed by atoms with Gasteiger partial charge in [0.25, 0.3) is 0 Å². The van der Waals surface area contributed by atoms with Crippen LogP contribution in [0.2, 0.25) is 0 Å². The molecule has 7 nitrogen and oxygen atoms in total. The molecule has 0 aliphatic carbocycles. The van der Waals surface area contributed by atoms with Crippen LogP contribution in [-0.2, 0) is 11.3 Å². The predicted octanol–water partition coefficient (Wildman–Crippen LogP) is 0.488. The van der Waals surface area contributed by atoms with E-state index in [4.69, 9.17) is 0 Å². The Morgan fingerprint density at radius 2 is 2.08 bits per heavy atom. The number of piperidine rings is 1. The molecule has 4 rings (SSSR count). The van der Waals surface area contributed by atoms with Crippen molar-refractivity contribution in [2.24, 2.45) is 5.41 Å². The average molecular weight is 329 g/mol. The van der Waals surface area contributed by atoms with E-state index in [2.05, 4.69) is 10.4 Å². The Morgan fingerprint density at radius 3 is 2.79 bits per heavy atom. The largest absolute Gasteiger partial charge is 0.350 e. The van der Waals surface area contributed by atoms with Gasteiger partial charge in [0.1, 0.15) is 0 Å². The van der Waals surface area contributed by atoms with Gasteiger partial charge in [0.15, 0.2) is 5.65 Å². The number of hydrogen-bond acceptors (Lipinski definition) is 4. The second kappa shape index (κ2) is 6.05. The summed E-state index contributed by atoms with van der Waals surface area (Å²) < 4.78 is 2.89. The number of carbonyl (C=O) groups excluding carboxylic acids is 1. The first-order valence-corrected chi connectivity index (χ1v) is 8.70. The van der Waals surface area contributed by atoms with Gasteiger partial charge < -0.3 is 10.2 Å². The van der Waals surface area contributed by atoms with Crippen LogP contribution in [0.4, 0.5) is 0 Å². The van der Waals surface area contributed by atoms with Crippen LogP contribution in [0.15, 0.2) is 29.2 Å². The first-order chi connectivity index (χ1) is 11.7. The molecule has 24 heavy (non-hydrogen) atoms. The SMILES string of the molecule is O=C(CCn1nc2ccccn2c1=O)N1CCC2(CCNC2)CC1. The zero-order valence-corrected chi connectivity index (χ0v) is 13.8. The molecular weight excluding hydrogens is 306 g/mol. The third-order valence-corrected chi connectivity index (χ3v) is 5.53. The molecular formula is C17H23N5O2. The van der Waals surface area contributed by atoms with Crippen LogP contribution in [-0.4, -0.2) is 51.2 Å². The Hall–Kier alpha value is -2.15. The Bertz CT molecular complexity index is 793. The van der Waals surface area contributed by atoms with E-state index in [-0.39, 0.29) is 11.6 Å². The number of aryl methyl sites for hydroxylation is 1. The van der Waals surface area contributed by atoms with E-state index in [1.165, 1.54) is 15.5 Å². The lowest BCUT2D eigenvalue weighted by molar-refractivity contribution is -0.133. The number of amides is 1. The first-order valence-electron chi connectivity index (χ1n) is 8.70. The van der Waals surface area contributed by atoms with E-state index in [0.29, 0.717) is 24.0 Å². The standard InChI is InChI=1S/C17H23N5O2/c23-15(20-11-6-17(7-12-20)5-8-18-13-17)4-10-22-16(24)21-9-2-1-3-14(21)19-22/h1-3,9,18H,4-8,10-13H2. The van der Waals surface area contributed by atoms with Gasteiger partial charge in [-0.05, 0) is 43.4 Å². The molecule has 128 valence electrons. The highest BCUT2D eigenvalue weighted by molar-refractivity contribution is 5.76. The molecule has 2 aliphatic heterocycles. The Morgan fingerprint density at radius 1 is 1.25 bits per heavy atom. The Labute approximate surface area is 140 Å². The Balaban J connectivity index is 1.36. The maximum absolute atomic E-state index is 12.5. The molecule has 2 aliphatic rings. The van der Waals surface area contributed by atoms with Crippen molar-refractivity contribution < 1.29 is 4.79 Å². The van der Waals surface area contributed by atoms with Crippen molar-refractivity contribution in [2.45, 2.75) is 32.2 Å². The zero-order valence-electron chi connectivity index (χ0n) is 13.8. The third-order valence-electron chi connectivity index (χ3n) is 5.53. The van der Waals surface area contributed by atoms with Crippen LogP contribution >= 0.6 is 0 Å². The van der Waals surface area contributed by atoms with Gasteiger partial charge in [-0.1, -0.05) is 6.07 Å². The summed E-state index contributed by atoms with van der Waals surface area (Å²) in [7, 11) is 0. The van der Waals surface area contributed by atoms with Crippen molar-refractivity contribution in [2.75, 3.05) is 26.2 Å². The van der Waals surface area contributed by atoms with Gasteiger partial charge in [-0.3, -0.25) is 9.20 Å². The third kappa shape index (κ3) is 2.73. The van der Waals surface area contributed by atoms with Crippen molar-refractivity contribution in [3.05, 3.63) is 34.9 Å². The molecule has 0 saturated carbocycles. The topological polar surface area (TPSA) is 71.6 Å². The average Bonchev–Trinajstić information content (AvgIpc) is 3.19. The van der Waals surface area contributed by atoms with E-state index in [0.717, 1.165) is 39.0 Å². The van der Waals surface area contributed by atoms with E-state index < -0.39 is 0 Å². The van der Waals surface area contributed by atoms with Crippen molar-refractivity contribution in [3.8, 4) is 0 Å². The molecule has 1 amide bonds.